The third-order valence-corrected chi connectivity index (χ3v) is 10.2. The lowest BCUT2D eigenvalue weighted by atomic mass is 9.44. The van der Waals surface area contributed by atoms with Crippen LogP contribution in [-0.4, -0.2) is 22.6 Å². The van der Waals surface area contributed by atoms with Gasteiger partial charge in [0.15, 0.2) is 0 Å². The minimum absolute atomic E-state index is 0.148. The van der Waals surface area contributed by atoms with E-state index in [4.69, 9.17) is 0 Å². The molecule has 0 aromatic carbocycles. The van der Waals surface area contributed by atoms with Gasteiger partial charge in [-0.2, -0.15) is 0 Å². The number of Topliss-reactive ketones (excluding diaryl/α,β-unsaturated/α-hetero) is 2. The number of hydrogen-bond donors (Lipinski definition) is 1. The third kappa shape index (κ3) is 3.20. The number of carbonyl (C=O) groups is 3. The Hall–Kier alpha value is -1.19. The van der Waals surface area contributed by atoms with Crippen molar-refractivity contribution in [3.63, 3.8) is 0 Å². The number of hydrogen-bond acceptors (Lipinski definition) is 3. The largest absolute Gasteiger partial charge is 0.481 e. The molecule has 1 N–H and O–H groups in total. The Kier molecular flexibility index (Phi) is 5.23. The number of carboxylic acid groups (broad SMARTS) is 1. The smallest absolute Gasteiger partial charge is 0.306 e. The summed E-state index contributed by atoms with van der Waals surface area (Å²) in [5, 5.41) is 9.35. The van der Waals surface area contributed by atoms with Crippen LogP contribution in [0.3, 0.4) is 0 Å². The van der Waals surface area contributed by atoms with E-state index >= 15 is 0 Å². The number of aliphatic carboxylic acids is 1. The fraction of sp³-hybridized carbons (Fsp3) is 0.880. The van der Waals surface area contributed by atoms with Gasteiger partial charge in [0, 0.05) is 25.2 Å². The Balaban J connectivity index is 1.57. The lowest BCUT2D eigenvalue weighted by Gasteiger charge is -2.59. The number of carboxylic acids is 1. The van der Waals surface area contributed by atoms with E-state index in [9.17, 15) is 19.5 Å². The fourth-order valence-corrected chi connectivity index (χ4v) is 8.52. The van der Waals surface area contributed by atoms with Gasteiger partial charge >= 0.3 is 5.97 Å². The Bertz CT molecular complexity index is 714. The summed E-state index contributed by atoms with van der Waals surface area (Å²) in [6.07, 6.45) is 8.09. The van der Waals surface area contributed by atoms with Crippen LogP contribution >= 0.6 is 0 Å². The Morgan fingerprint density at radius 1 is 1.03 bits per heavy atom. The first-order chi connectivity index (χ1) is 13.6. The maximum Gasteiger partial charge on any atom is 0.306 e. The van der Waals surface area contributed by atoms with Crippen molar-refractivity contribution < 1.29 is 19.5 Å². The minimum atomic E-state index is -0.700. The molecule has 4 rings (SSSR count). The Morgan fingerprint density at radius 3 is 2.41 bits per heavy atom. The van der Waals surface area contributed by atoms with Crippen LogP contribution in [0.15, 0.2) is 0 Å². The van der Waals surface area contributed by atoms with Gasteiger partial charge in [0.1, 0.15) is 11.6 Å². The molecule has 0 saturated heterocycles. The molecule has 4 saturated carbocycles. The second-order valence-electron chi connectivity index (χ2n) is 11.5. The summed E-state index contributed by atoms with van der Waals surface area (Å²) >= 11 is 0. The summed E-state index contributed by atoms with van der Waals surface area (Å²) in [7, 11) is 0. The molecular weight excluding hydrogens is 364 g/mol. The zero-order chi connectivity index (χ0) is 21.1. The van der Waals surface area contributed by atoms with E-state index in [2.05, 4.69) is 20.8 Å². The first-order valence-electron chi connectivity index (χ1n) is 11.8. The summed E-state index contributed by atoms with van der Waals surface area (Å²) in [5.74, 6) is 1.96. The molecule has 0 amide bonds. The van der Waals surface area contributed by atoms with Gasteiger partial charge in [0.2, 0.25) is 0 Å². The van der Waals surface area contributed by atoms with Gasteiger partial charge in [-0.1, -0.05) is 27.7 Å². The highest BCUT2D eigenvalue weighted by molar-refractivity contribution is 5.86. The van der Waals surface area contributed by atoms with Crippen LogP contribution in [0, 0.1) is 52.3 Å². The van der Waals surface area contributed by atoms with E-state index in [-0.39, 0.29) is 28.6 Å². The first kappa shape index (κ1) is 21.1. The Labute approximate surface area is 175 Å². The molecule has 1 unspecified atom stereocenters. The van der Waals surface area contributed by atoms with Gasteiger partial charge in [0.25, 0.3) is 0 Å². The third-order valence-electron chi connectivity index (χ3n) is 10.2. The van der Waals surface area contributed by atoms with Crippen molar-refractivity contribution >= 4 is 17.5 Å². The summed E-state index contributed by atoms with van der Waals surface area (Å²) in [5.41, 5.74) is 0.303. The van der Waals surface area contributed by atoms with Crippen molar-refractivity contribution in [1.29, 1.82) is 0 Å². The van der Waals surface area contributed by atoms with Crippen LogP contribution in [-0.2, 0) is 14.4 Å². The number of carbonyl (C=O) groups excluding carboxylic acids is 2. The van der Waals surface area contributed by atoms with Crippen LogP contribution in [0.5, 0.6) is 0 Å². The predicted molar refractivity (Wildman–Crippen MR) is 111 cm³/mol. The standard InChI is InChI=1S/C25H38O4/c1-14(11-15(2)23(28)29)18-5-6-19-22-20(8-10-25(18,19)4)24(3)9-7-17(26)12-16(24)13-21(22)27/h14-16,18-20,22H,5-13H2,1-4H3,(H,28,29)/t14-,15?,16+,18-,19+,20+,22+,24+,25-/m1/s1. The molecule has 29 heavy (non-hydrogen) atoms. The SMILES string of the molecule is CC(C[C@@H](C)[C@H]1CC[C@H]2[C@@H]3C(=O)C[C@@H]4CC(=O)CC[C@]4(C)[C@H]3CC[C@]12C)C(=O)O. The maximum atomic E-state index is 13.4. The highest BCUT2D eigenvalue weighted by Crippen LogP contribution is 2.67. The Morgan fingerprint density at radius 2 is 1.72 bits per heavy atom. The molecule has 0 aromatic rings. The summed E-state index contributed by atoms with van der Waals surface area (Å²) in [6.45, 7) is 8.83. The van der Waals surface area contributed by atoms with E-state index in [1.54, 1.807) is 0 Å². The van der Waals surface area contributed by atoms with Crippen LogP contribution in [0.1, 0.15) is 85.5 Å². The molecule has 0 heterocycles. The van der Waals surface area contributed by atoms with Crippen molar-refractivity contribution in [2.75, 3.05) is 0 Å². The quantitative estimate of drug-likeness (QED) is 0.707. The number of rotatable bonds is 4. The minimum Gasteiger partial charge on any atom is -0.481 e. The molecule has 0 bridgehead atoms. The highest BCUT2D eigenvalue weighted by atomic mass is 16.4. The monoisotopic (exact) mass is 402 g/mol. The van der Waals surface area contributed by atoms with E-state index in [1.807, 2.05) is 6.92 Å². The average molecular weight is 403 g/mol. The van der Waals surface area contributed by atoms with Crippen LogP contribution in [0.25, 0.3) is 0 Å². The van der Waals surface area contributed by atoms with E-state index in [1.165, 1.54) is 0 Å². The van der Waals surface area contributed by atoms with E-state index < -0.39 is 5.97 Å². The number of ketones is 2. The summed E-state index contributed by atoms with van der Waals surface area (Å²) in [6, 6.07) is 0. The van der Waals surface area contributed by atoms with Crippen molar-refractivity contribution in [2.24, 2.45) is 52.3 Å². The second kappa shape index (κ2) is 7.20. The molecular formula is C25H38O4. The lowest BCUT2D eigenvalue weighted by molar-refractivity contribution is -0.159. The van der Waals surface area contributed by atoms with Gasteiger partial charge in [-0.05, 0) is 78.9 Å². The van der Waals surface area contributed by atoms with Crippen LogP contribution in [0.2, 0.25) is 0 Å². The van der Waals surface area contributed by atoms with Gasteiger partial charge in [-0.15, -0.1) is 0 Å². The van der Waals surface area contributed by atoms with Gasteiger partial charge in [-0.25, -0.2) is 0 Å². The van der Waals surface area contributed by atoms with Crippen molar-refractivity contribution in [3.05, 3.63) is 0 Å². The molecule has 0 radical (unpaired) electrons. The summed E-state index contributed by atoms with van der Waals surface area (Å²) < 4.78 is 0. The lowest BCUT2D eigenvalue weighted by Crippen LogP contribution is -2.57. The predicted octanol–water partition coefficient (Wildman–Crippen LogP) is 5.14. The molecule has 4 fully saturated rings. The molecule has 9 atom stereocenters. The van der Waals surface area contributed by atoms with Crippen molar-refractivity contribution in [2.45, 2.75) is 85.5 Å². The van der Waals surface area contributed by atoms with Crippen LogP contribution < -0.4 is 0 Å². The highest BCUT2D eigenvalue weighted by Gasteiger charge is 2.63. The number of fused-ring (bicyclic) bond motifs is 5. The zero-order valence-corrected chi connectivity index (χ0v) is 18.6. The molecule has 0 aromatic heterocycles. The molecule has 0 spiro atoms. The molecule has 4 heteroatoms. The van der Waals surface area contributed by atoms with E-state index in [0.29, 0.717) is 54.5 Å². The van der Waals surface area contributed by atoms with Gasteiger partial charge in [-0.3, -0.25) is 14.4 Å². The van der Waals surface area contributed by atoms with Crippen LogP contribution in [0.4, 0.5) is 0 Å². The molecule has 0 aliphatic heterocycles. The normalized spacial score (nSPS) is 46.4. The van der Waals surface area contributed by atoms with E-state index in [0.717, 1.165) is 38.5 Å². The molecule has 162 valence electrons. The first-order valence-corrected chi connectivity index (χ1v) is 11.8. The average Bonchev–Trinajstić information content (AvgIpc) is 3.00. The molecule has 4 aliphatic rings. The second-order valence-corrected chi connectivity index (χ2v) is 11.5. The molecule has 4 nitrogen and oxygen atoms in total. The van der Waals surface area contributed by atoms with Gasteiger partial charge in [0.05, 0.1) is 5.92 Å². The topological polar surface area (TPSA) is 71.4 Å². The van der Waals surface area contributed by atoms with Crippen molar-refractivity contribution in [3.8, 4) is 0 Å². The fourth-order valence-electron chi connectivity index (χ4n) is 8.52. The maximum absolute atomic E-state index is 13.4. The van der Waals surface area contributed by atoms with Gasteiger partial charge < -0.3 is 5.11 Å². The summed E-state index contributed by atoms with van der Waals surface area (Å²) in [4.78, 5) is 36.8. The molecule has 4 aliphatic carbocycles. The zero-order valence-electron chi connectivity index (χ0n) is 18.6. The van der Waals surface area contributed by atoms with Crippen molar-refractivity contribution in [1.82, 2.24) is 0 Å².